The fraction of sp³-hybridized carbons (Fsp3) is 0.571. The van der Waals surface area contributed by atoms with Crippen molar-refractivity contribution in [3.8, 4) is 0 Å². The third kappa shape index (κ3) is 4.39. The summed E-state index contributed by atoms with van der Waals surface area (Å²) in [5.41, 5.74) is 1.32. The molecule has 154 valence electrons. The van der Waals surface area contributed by atoms with Gasteiger partial charge in [-0.2, -0.15) is 0 Å². The second-order valence-electron chi connectivity index (χ2n) is 7.26. The average molecular weight is 409 g/mol. The first kappa shape index (κ1) is 22.4. The molecule has 1 aliphatic heterocycles. The molecule has 1 aliphatic rings. The highest BCUT2D eigenvalue weighted by Crippen LogP contribution is 2.46. The molecule has 0 spiro atoms. The molecule has 0 bridgehead atoms. The summed E-state index contributed by atoms with van der Waals surface area (Å²) in [6.45, 7) is 7.45. The summed E-state index contributed by atoms with van der Waals surface area (Å²) in [5.74, 6) is -0.277. The van der Waals surface area contributed by atoms with Gasteiger partial charge in [-0.1, -0.05) is 57.0 Å². The number of carbonyl (C=O) groups is 3. The summed E-state index contributed by atoms with van der Waals surface area (Å²) < 4.78 is 5.57. The SMILES string of the molecule is CCCC(NC(=O)N1C(=O)C(CC)(CC)[C@@H]1OCC(=O)Cl)c1ccc(C)cc1. The van der Waals surface area contributed by atoms with E-state index in [2.05, 4.69) is 5.32 Å². The van der Waals surface area contributed by atoms with Crippen LogP contribution < -0.4 is 5.32 Å². The van der Waals surface area contributed by atoms with E-state index in [0.29, 0.717) is 12.8 Å². The number of imide groups is 1. The number of benzene rings is 1. The molecule has 1 aromatic rings. The minimum Gasteiger partial charge on any atom is -0.347 e. The van der Waals surface area contributed by atoms with Gasteiger partial charge in [0, 0.05) is 0 Å². The van der Waals surface area contributed by atoms with E-state index < -0.39 is 22.9 Å². The van der Waals surface area contributed by atoms with Crippen LogP contribution in [0.5, 0.6) is 0 Å². The fourth-order valence-electron chi connectivity index (χ4n) is 3.74. The fourth-order valence-corrected chi connectivity index (χ4v) is 3.80. The standard InChI is InChI=1S/C21H29ClN2O4/c1-5-8-16(15-11-9-14(4)10-12-15)23-20(27)24-18(26)21(6-2,7-3)19(24)28-13-17(22)25/h9-12,16,19H,5-8,13H2,1-4H3,(H,23,27)/t16?,19-/m0/s1. The summed E-state index contributed by atoms with van der Waals surface area (Å²) in [6, 6.07) is 7.24. The molecule has 1 heterocycles. The van der Waals surface area contributed by atoms with Crippen molar-refractivity contribution in [1.29, 1.82) is 0 Å². The van der Waals surface area contributed by atoms with Crippen molar-refractivity contribution in [1.82, 2.24) is 10.2 Å². The molecule has 1 saturated heterocycles. The minimum absolute atomic E-state index is 0.209. The number of halogens is 1. The van der Waals surface area contributed by atoms with Gasteiger partial charge in [-0.15, -0.1) is 0 Å². The van der Waals surface area contributed by atoms with Crippen LogP contribution in [0.1, 0.15) is 63.6 Å². The molecule has 2 atom stereocenters. The Labute approximate surface area is 171 Å². The first-order valence-corrected chi connectivity index (χ1v) is 10.2. The van der Waals surface area contributed by atoms with Crippen molar-refractivity contribution in [3.63, 3.8) is 0 Å². The highest BCUT2D eigenvalue weighted by molar-refractivity contribution is 6.63. The van der Waals surface area contributed by atoms with Gasteiger partial charge < -0.3 is 10.1 Å². The summed E-state index contributed by atoms with van der Waals surface area (Å²) in [6.07, 6.45) is 1.86. The van der Waals surface area contributed by atoms with Gasteiger partial charge in [0.1, 0.15) is 6.61 Å². The lowest BCUT2D eigenvalue weighted by Gasteiger charge is -2.53. The lowest BCUT2D eigenvalue weighted by molar-refractivity contribution is -0.209. The van der Waals surface area contributed by atoms with Gasteiger partial charge in [0.15, 0.2) is 6.23 Å². The average Bonchev–Trinajstić information content (AvgIpc) is 2.66. The molecule has 1 fully saturated rings. The van der Waals surface area contributed by atoms with Crippen LogP contribution >= 0.6 is 11.6 Å². The molecule has 0 radical (unpaired) electrons. The van der Waals surface area contributed by atoms with Crippen molar-refractivity contribution >= 4 is 28.8 Å². The number of urea groups is 1. The van der Waals surface area contributed by atoms with Crippen LogP contribution in [0.2, 0.25) is 0 Å². The lowest BCUT2D eigenvalue weighted by atomic mass is 9.72. The summed E-state index contributed by atoms with van der Waals surface area (Å²) in [5, 5.41) is 2.30. The lowest BCUT2D eigenvalue weighted by Crippen LogP contribution is -2.72. The third-order valence-corrected chi connectivity index (χ3v) is 5.65. The zero-order valence-corrected chi connectivity index (χ0v) is 17.7. The van der Waals surface area contributed by atoms with E-state index in [1.165, 1.54) is 0 Å². The Morgan fingerprint density at radius 2 is 1.82 bits per heavy atom. The number of likely N-dealkylation sites (tertiary alicyclic amines) is 1. The van der Waals surface area contributed by atoms with Gasteiger partial charge in [-0.25, -0.2) is 9.69 Å². The highest BCUT2D eigenvalue weighted by Gasteiger charge is 2.62. The molecule has 0 saturated carbocycles. The van der Waals surface area contributed by atoms with Crippen LogP contribution in [0.25, 0.3) is 0 Å². The molecular formula is C21H29ClN2O4. The summed E-state index contributed by atoms with van der Waals surface area (Å²) in [7, 11) is 0. The van der Waals surface area contributed by atoms with Crippen LogP contribution in [-0.4, -0.2) is 34.9 Å². The maximum atomic E-state index is 12.9. The molecular weight excluding hydrogens is 380 g/mol. The third-order valence-electron chi connectivity index (χ3n) is 5.54. The van der Waals surface area contributed by atoms with Crippen LogP contribution in [0.4, 0.5) is 4.79 Å². The normalized spacial score (nSPS) is 19.1. The number of hydrogen-bond donors (Lipinski definition) is 1. The Kier molecular flexibility index (Phi) is 7.61. The molecule has 0 aromatic heterocycles. The predicted octanol–water partition coefficient (Wildman–Crippen LogP) is 4.30. The van der Waals surface area contributed by atoms with Gasteiger partial charge >= 0.3 is 6.03 Å². The second-order valence-corrected chi connectivity index (χ2v) is 7.68. The van der Waals surface area contributed by atoms with E-state index in [9.17, 15) is 14.4 Å². The number of β-lactam (4-membered cyclic amide) rings is 1. The molecule has 1 aromatic carbocycles. The number of nitrogens with one attached hydrogen (secondary N) is 1. The van der Waals surface area contributed by atoms with Crippen molar-refractivity contribution in [2.45, 2.75) is 65.6 Å². The van der Waals surface area contributed by atoms with Gasteiger partial charge in [0.05, 0.1) is 11.5 Å². The summed E-state index contributed by atoms with van der Waals surface area (Å²) >= 11 is 5.40. The van der Waals surface area contributed by atoms with Crippen LogP contribution in [-0.2, 0) is 14.3 Å². The number of nitrogens with zero attached hydrogens (tertiary/aromatic N) is 1. The van der Waals surface area contributed by atoms with Crippen molar-refractivity contribution < 1.29 is 19.1 Å². The van der Waals surface area contributed by atoms with E-state index in [-0.39, 0.29) is 18.6 Å². The molecule has 3 amide bonds. The Hall–Kier alpha value is -1.92. The number of hydrogen-bond acceptors (Lipinski definition) is 4. The smallest absolute Gasteiger partial charge is 0.326 e. The Balaban J connectivity index is 2.20. The minimum atomic E-state index is -0.798. The monoisotopic (exact) mass is 408 g/mol. The molecule has 28 heavy (non-hydrogen) atoms. The second kappa shape index (κ2) is 9.52. The molecule has 2 rings (SSSR count). The number of aryl methyl sites for hydroxylation is 1. The van der Waals surface area contributed by atoms with E-state index in [1.807, 2.05) is 52.0 Å². The zero-order valence-electron chi connectivity index (χ0n) is 17.0. The van der Waals surface area contributed by atoms with E-state index in [4.69, 9.17) is 16.3 Å². The van der Waals surface area contributed by atoms with Crippen molar-refractivity contribution in [2.75, 3.05) is 6.61 Å². The largest absolute Gasteiger partial charge is 0.347 e. The Bertz CT molecular complexity index is 716. The van der Waals surface area contributed by atoms with Crippen molar-refractivity contribution in [2.24, 2.45) is 5.41 Å². The first-order valence-electron chi connectivity index (χ1n) is 9.81. The number of carbonyl (C=O) groups excluding carboxylic acids is 3. The Morgan fingerprint density at radius 1 is 1.21 bits per heavy atom. The molecule has 0 aliphatic carbocycles. The summed E-state index contributed by atoms with van der Waals surface area (Å²) in [4.78, 5) is 38.0. The predicted molar refractivity (Wildman–Crippen MR) is 108 cm³/mol. The maximum Gasteiger partial charge on any atom is 0.326 e. The Morgan fingerprint density at radius 3 is 2.32 bits per heavy atom. The van der Waals surface area contributed by atoms with Crippen molar-refractivity contribution in [3.05, 3.63) is 35.4 Å². The van der Waals surface area contributed by atoms with Crippen LogP contribution in [0.3, 0.4) is 0 Å². The number of amides is 3. The van der Waals surface area contributed by atoms with Crippen LogP contribution in [0, 0.1) is 12.3 Å². The van der Waals surface area contributed by atoms with Gasteiger partial charge in [-0.05, 0) is 43.4 Å². The number of ether oxygens (including phenoxy) is 1. The van der Waals surface area contributed by atoms with Gasteiger partial charge in [-0.3, -0.25) is 9.59 Å². The topological polar surface area (TPSA) is 75.7 Å². The molecule has 1 unspecified atom stereocenters. The van der Waals surface area contributed by atoms with Gasteiger partial charge in [0.2, 0.25) is 11.1 Å². The first-order chi connectivity index (χ1) is 13.3. The van der Waals surface area contributed by atoms with E-state index in [1.54, 1.807) is 0 Å². The van der Waals surface area contributed by atoms with Crippen LogP contribution in [0.15, 0.2) is 24.3 Å². The van der Waals surface area contributed by atoms with Gasteiger partial charge in [0.25, 0.3) is 0 Å². The zero-order chi connectivity index (χ0) is 20.9. The molecule has 6 nitrogen and oxygen atoms in total. The molecule has 7 heteroatoms. The molecule has 1 N–H and O–H groups in total. The van der Waals surface area contributed by atoms with E-state index in [0.717, 1.165) is 28.9 Å². The quantitative estimate of drug-likeness (QED) is 0.488. The number of rotatable bonds is 9. The highest BCUT2D eigenvalue weighted by atomic mass is 35.5. The maximum absolute atomic E-state index is 12.9. The van der Waals surface area contributed by atoms with E-state index >= 15 is 0 Å².